The first-order valence-corrected chi connectivity index (χ1v) is 7.85. The van der Waals surface area contributed by atoms with Gasteiger partial charge in [-0.3, -0.25) is 5.43 Å². The quantitative estimate of drug-likeness (QED) is 0.397. The zero-order valence-electron chi connectivity index (χ0n) is 10.7. The summed E-state index contributed by atoms with van der Waals surface area (Å²) in [6, 6.07) is 12.8. The van der Waals surface area contributed by atoms with E-state index in [2.05, 4.69) is 42.4 Å². The lowest BCUT2D eigenvalue weighted by atomic mass is 10.0. The summed E-state index contributed by atoms with van der Waals surface area (Å²) < 4.78 is 1.51. The third-order valence-corrected chi connectivity index (χ3v) is 3.82. The number of hydrogen-bond donors (Lipinski definition) is 3. The molecule has 0 spiro atoms. The number of halogens is 2. The van der Waals surface area contributed by atoms with Crippen LogP contribution in [0.2, 0.25) is 0 Å². The van der Waals surface area contributed by atoms with Gasteiger partial charge in [-0.15, -0.1) is 0 Å². The standard InChI is InChI=1S/C14H11Br2N3OS/c15-10-3-1-2-8(6-10)13(18-19-14(17)21)9-4-5-12(20)11(16)7-9/h1-7,20H,(H3,17,19,21)/b18-13+. The Labute approximate surface area is 144 Å². The fourth-order valence-corrected chi connectivity index (χ4v) is 2.52. The van der Waals surface area contributed by atoms with Crippen LogP contribution in [0.25, 0.3) is 0 Å². The van der Waals surface area contributed by atoms with Crippen LogP contribution < -0.4 is 11.2 Å². The molecule has 0 aliphatic rings. The molecule has 108 valence electrons. The predicted molar refractivity (Wildman–Crippen MR) is 95.5 cm³/mol. The lowest BCUT2D eigenvalue weighted by Crippen LogP contribution is -2.26. The van der Waals surface area contributed by atoms with Gasteiger partial charge in [0.25, 0.3) is 0 Å². The van der Waals surface area contributed by atoms with Crippen molar-refractivity contribution in [2.24, 2.45) is 10.8 Å². The number of phenols is 1. The molecule has 0 saturated carbocycles. The van der Waals surface area contributed by atoms with E-state index in [1.165, 1.54) is 0 Å². The van der Waals surface area contributed by atoms with Crippen molar-refractivity contribution in [1.29, 1.82) is 0 Å². The Morgan fingerprint density at radius 2 is 1.86 bits per heavy atom. The first-order valence-electron chi connectivity index (χ1n) is 5.85. The molecule has 0 radical (unpaired) electrons. The zero-order chi connectivity index (χ0) is 15.4. The molecule has 0 bridgehead atoms. The second-order valence-corrected chi connectivity index (χ2v) is 6.32. The van der Waals surface area contributed by atoms with Gasteiger partial charge in [0.15, 0.2) is 5.11 Å². The summed E-state index contributed by atoms with van der Waals surface area (Å²) in [5, 5.41) is 13.9. The maximum Gasteiger partial charge on any atom is 0.184 e. The minimum atomic E-state index is 0.0836. The molecule has 0 amide bonds. The number of nitrogens with zero attached hydrogens (tertiary/aromatic N) is 1. The second kappa shape index (κ2) is 7.02. The molecule has 0 atom stereocenters. The van der Waals surface area contributed by atoms with Crippen molar-refractivity contribution in [3.05, 3.63) is 62.5 Å². The summed E-state index contributed by atoms with van der Waals surface area (Å²) in [6.45, 7) is 0. The molecular formula is C14H11Br2N3OS. The highest BCUT2D eigenvalue weighted by Gasteiger charge is 2.10. The van der Waals surface area contributed by atoms with E-state index in [9.17, 15) is 5.11 Å². The van der Waals surface area contributed by atoms with E-state index in [1.807, 2.05) is 24.3 Å². The summed E-state index contributed by atoms with van der Waals surface area (Å²) in [4.78, 5) is 0. The first-order chi connectivity index (χ1) is 9.97. The summed E-state index contributed by atoms with van der Waals surface area (Å²) >= 11 is 11.5. The van der Waals surface area contributed by atoms with Crippen molar-refractivity contribution in [2.75, 3.05) is 0 Å². The number of thiocarbonyl (C=S) groups is 1. The number of rotatable bonds is 3. The van der Waals surface area contributed by atoms with Gasteiger partial charge >= 0.3 is 0 Å². The van der Waals surface area contributed by atoms with Gasteiger partial charge in [-0.1, -0.05) is 28.1 Å². The van der Waals surface area contributed by atoms with Crippen LogP contribution in [0.15, 0.2) is 56.5 Å². The molecule has 0 aliphatic heterocycles. The van der Waals surface area contributed by atoms with Gasteiger partial charge in [0, 0.05) is 15.6 Å². The van der Waals surface area contributed by atoms with Crippen molar-refractivity contribution >= 4 is 54.9 Å². The number of benzene rings is 2. The van der Waals surface area contributed by atoms with E-state index in [-0.39, 0.29) is 10.9 Å². The summed E-state index contributed by atoms with van der Waals surface area (Å²) in [5.74, 6) is 0.162. The minimum absolute atomic E-state index is 0.0836. The highest BCUT2D eigenvalue weighted by Crippen LogP contribution is 2.26. The van der Waals surface area contributed by atoms with E-state index < -0.39 is 0 Å². The van der Waals surface area contributed by atoms with Gasteiger partial charge in [0.05, 0.1) is 10.2 Å². The van der Waals surface area contributed by atoms with Gasteiger partial charge in [-0.05, 0) is 58.5 Å². The van der Waals surface area contributed by atoms with E-state index in [0.29, 0.717) is 10.2 Å². The maximum absolute atomic E-state index is 9.61. The van der Waals surface area contributed by atoms with Crippen LogP contribution in [0, 0.1) is 0 Å². The van der Waals surface area contributed by atoms with E-state index in [0.717, 1.165) is 15.6 Å². The largest absolute Gasteiger partial charge is 0.507 e. The SMILES string of the molecule is NC(=S)N/N=C(\c1cccc(Br)c1)c1ccc(O)c(Br)c1. The molecule has 2 rings (SSSR count). The number of hydrogen-bond acceptors (Lipinski definition) is 3. The fraction of sp³-hybridized carbons (Fsp3) is 0. The molecule has 4 N–H and O–H groups in total. The Morgan fingerprint density at radius 1 is 1.14 bits per heavy atom. The fourth-order valence-electron chi connectivity index (χ4n) is 1.70. The molecule has 0 unspecified atom stereocenters. The van der Waals surface area contributed by atoms with Crippen LogP contribution in [0.1, 0.15) is 11.1 Å². The smallest absolute Gasteiger partial charge is 0.184 e. The minimum Gasteiger partial charge on any atom is -0.507 e. The predicted octanol–water partition coefficient (Wildman–Crippen LogP) is 3.50. The van der Waals surface area contributed by atoms with Crippen molar-refractivity contribution in [3.63, 3.8) is 0 Å². The second-order valence-electron chi connectivity index (χ2n) is 4.11. The van der Waals surface area contributed by atoms with Crippen LogP contribution in [0.4, 0.5) is 0 Å². The molecule has 0 fully saturated rings. The van der Waals surface area contributed by atoms with Gasteiger partial charge in [-0.2, -0.15) is 5.10 Å². The molecule has 0 saturated heterocycles. The van der Waals surface area contributed by atoms with Crippen LogP contribution in [0.5, 0.6) is 5.75 Å². The average molecular weight is 429 g/mol. The molecule has 2 aromatic rings. The lowest BCUT2D eigenvalue weighted by molar-refractivity contribution is 0.472. The Morgan fingerprint density at radius 3 is 2.48 bits per heavy atom. The molecule has 2 aromatic carbocycles. The molecule has 0 aromatic heterocycles. The van der Waals surface area contributed by atoms with Gasteiger partial charge in [0.1, 0.15) is 5.75 Å². The Balaban J connectivity index is 2.52. The first kappa shape index (κ1) is 15.9. The monoisotopic (exact) mass is 427 g/mol. The molecule has 7 heteroatoms. The molecule has 0 aliphatic carbocycles. The number of aromatic hydroxyl groups is 1. The summed E-state index contributed by atoms with van der Waals surface area (Å²) in [6.07, 6.45) is 0. The normalized spacial score (nSPS) is 11.2. The van der Waals surface area contributed by atoms with Crippen molar-refractivity contribution < 1.29 is 5.11 Å². The zero-order valence-corrected chi connectivity index (χ0v) is 14.7. The highest BCUT2D eigenvalue weighted by atomic mass is 79.9. The van der Waals surface area contributed by atoms with E-state index in [1.54, 1.807) is 18.2 Å². The summed E-state index contributed by atoms with van der Waals surface area (Å²) in [5.41, 5.74) is 10.4. The third kappa shape index (κ3) is 4.26. The highest BCUT2D eigenvalue weighted by molar-refractivity contribution is 9.10. The van der Waals surface area contributed by atoms with Crippen LogP contribution >= 0.6 is 44.1 Å². The average Bonchev–Trinajstić information content (AvgIpc) is 2.42. The number of hydrazone groups is 1. The van der Waals surface area contributed by atoms with E-state index in [4.69, 9.17) is 18.0 Å². The molecule has 21 heavy (non-hydrogen) atoms. The molecule has 4 nitrogen and oxygen atoms in total. The molecule has 0 heterocycles. The van der Waals surface area contributed by atoms with Crippen LogP contribution in [0.3, 0.4) is 0 Å². The summed E-state index contributed by atoms with van der Waals surface area (Å²) in [7, 11) is 0. The van der Waals surface area contributed by atoms with Gasteiger partial charge in [0.2, 0.25) is 0 Å². The lowest BCUT2D eigenvalue weighted by Gasteiger charge is -2.09. The Hall–Kier alpha value is -1.44. The Bertz CT molecular complexity index is 719. The third-order valence-electron chi connectivity index (χ3n) is 2.60. The van der Waals surface area contributed by atoms with Gasteiger partial charge in [-0.25, -0.2) is 0 Å². The Kier molecular flexibility index (Phi) is 5.33. The van der Waals surface area contributed by atoms with Crippen LogP contribution in [-0.2, 0) is 0 Å². The number of nitrogens with one attached hydrogen (secondary N) is 1. The molecular weight excluding hydrogens is 418 g/mol. The van der Waals surface area contributed by atoms with Crippen LogP contribution in [-0.4, -0.2) is 15.9 Å². The topological polar surface area (TPSA) is 70.6 Å². The van der Waals surface area contributed by atoms with Crippen molar-refractivity contribution in [1.82, 2.24) is 5.43 Å². The van der Waals surface area contributed by atoms with Crippen molar-refractivity contribution in [2.45, 2.75) is 0 Å². The number of nitrogens with two attached hydrogens (primary N) is 1. The number of phenolic OH excluding ortho intramolecular Hbond substituents is 1. The maximum atomic E-state index is 9.61. The van der Waals surface area contributed by atoms with E-state index >= 15 is 0 Å². The van der Waals surface area contributed by atoms with Gasteiger partial charge < -0.3 is 10.8 Å². The van der Waals surface area contributed by atoms with Crippen molar-refractivity contribution in [3.8, 4) is 5.75 Å².